The van der Waals surface area contributed by atoms with Crippen LogP contribution in [0.1, 0.15) is 70.0 Å². The van der Waals surface area contributed by atoms with Gasteiger partial charge in [0.15, 0.2) is 0 Å². The van der Waals surface area contributed by atoms with Crippen LogP contribution in [0, 0.1) is 5.82 Å². The number of nitrogens with one attached hydrogen (secondary N) is 1. The smallest absolute Gasteiger partial charge is 0.141 e. The summed E-state index contributed by atoms with van der Waals surface area (Å²) < 4.78 is 12.9. The Kier molecular flexibility index (Phi) is 5.77. The average molecular weight is 264 g/mol. The summed E-state index contributed by atoms with van der Waals surface area (Å²) in [4.78, 5) is 4.22. The van der Waals surface area contributed by atoms with E-state index in [0.717, 1.165) is 12.1 Å². The van der Waals surface area contributed by atoms with Gasteiger partial charge in [-0.1, -0.05) is 39.0 Å². The molecule has 0 bridgehead atoms. The fourth-order valence-corrected chi connectivity index (χ4v) is 2.91. The summed E-state index contributed by atoms with van der Waals surface area (Å²) in [6, 6.07) is 4.16. The number of pyridine rings is 1. The Hall–Kier alpha value is -0.960. The SMILES string of the molecule is CCC(NC1CCCCCCC1)c1ccc(F)cn1. The summed E-state index contributed by atoms with van der Waals surface area (Å²) in [6.45, 7) is 2.16. The van der Waals surface area contributed by atoms with E-state index in [1.165, 1.54) is 57.2 Å². The van der Waals surface area contributed by atoms with Crippen LogP contribution in [0.25, 0.3) is 0 Å². The first-order chi connectivity index (χ1) is 9.29. The van der Waals surface area contributed by atoms with Gasteiger partial charge < -0.3 is 5.32 Å². The van der Waals surface area contributed by atoms with Gasteiger partial charge in [-0.3, -0.25) is 4.98 Å². The second-order valence-corrected chi connectivity index (χ2v) is 5.57. The average Bonchev–Trinajstić information content (AvgIpc) is 2.39. The first-order valence-corrected chi connectivity index (χ1v) is 7.67. The number of hydrogen-bond donors (Lipinski definition) is 1. The molecule has 1 aromatic rings. The fourth-order valence-electron chi connectivity index (χ4n) is 2.91. The highest BCUT2D eigenvalue weighted by Crippen LogP contribution is 2.21. The van der Waals surface area contributed by atoms with Gasteiger partial charge in [-0.15, -0.1) is 0 Å². The van der Waals surface area contributed by atoms with Gasteiger partial charge in [0.1, 0.15) is 5.82 Å². The predicted molar refractivity (Wildman–Crippen MR) is 76.5 cm³/mol. The summed E-state index contributed by atoms with van der Waals surface area (Å²) in [7, 11) is 0. The summed E-state index contributed by atoms with van der Waals surface area (Å²) in [5, 5.41) is 3.72. The summed E-state index contributed by atoms with van der Waals surface area (Å²) in [5.41, 5.74) is 0.964. The fraction of sp³-hybridized carbons (Fsp3) is 0.688. The van der Waals surface area contributed by atoms with E-state index in [1.54, 1.807) is 6.07 Å². The molecule has 2 rings (SSSR count). The maximum atomic E-state index is 12.9. The number of nitrogens with zero attached hydrogens (tertiary/aromatic N) is 1. The third-order valence-electron chi connectivity index (χ3n) is 4.06. The van der Waals surface area contributed by atoms with Crippen molar-refractivity contribution < 1.29 is 4.39 Å². The molecule has 1 aliphatic rings. The number of rotatable bonds is 4. The zero-order chi connectivity index (χ0) is 13.5. The minimum absolute atomic E-state index is 0.255. The lowest BCUT2D eigenvalue weighted by molar-refractivity contribution is 0.346. The molecule has 0 spiro atoms. The van der Waals surface area contributed by atoms with Crippen molar-refractivity contribution in [1.82, 2.24) is 10.3 Å². The Morgan fingerprint density at radius 3 is 2.47 bits per heavy atom. The highest BCUT2D eigenvalue weighted by Gasteiger charge is 2.17. The number of aromatic nitrogens is 1. The van der Waals surface area contributed by atoms with Crippen LogP contribution in [0.2, 0.25) is 0 Å². The van der Waals surface area contributed by atoms with Crippen molar-refractivity contribution >= 4 is 0 Å². The first-order valence-electron chi connectivity index (χ1n) is 7.67. The van der Waals surface area contributed by atoms with Crippen LogP contribution in [0.3, 0.4) is 0 Å². The Bertz CT molecular complexity index is 356. The molecule has 2 nitrogen and oxygen atoms in total. The lowest BCUT2D eigenvalue weighted by Crippen LogP contribution is -2.33. The summed E-state index contributed by atoms with van der Waals surface area (Å²) in [6.07, 6.45) is 11.6. The van der Waals surface area contributed by atoms with Gasteiger partial charge in [-0.2, -0.15) is 0 Å². The van der Waals surface area contributed by atoms with E-state index in [2.05, 4.69) is 17.2 Å². The van der Waals surface area contributed by atoms with Crippen molar-refractivity contribution in [3.05, 3.63) is 29.8 Å². The maximum Gasteiger partial charge on any atom is 0.141 e. The zero-order valence-corrected chi connectivity index (χ0v) is 11.9. The Morgan fingerprint density at radius 2 is 1.89 bits per heavy atom. The molecule has 3 heteroatoms. The molecule has 0 amide bonds. The molecule has 0 radical (unpaired) electrons. The topological polar surface area (TPSA) is 24.9 Å². The third kappa shape index (κ3) is 4.57. The molecule has 1 heterocycles. The minimum atomic E-state index is -0.260. The zero-order valence-electron chi connectivity index (χ0n) is 11.9. The van der Waals surface area contributed by atoms with Crippen LogP contribution in [0.4, 0.5) is 4.39 Å². The van der Waals surface area contributed by atoms with Crippen molar-refractivity contribution in [2.45, 2.75) is 70.4 Å². The lowest BCUT2D eigenvalue weighted by atomic mass is 9.95. The summed E-state index contributed by atoms with van der Waals surface area (Å²) in [5.74, 6) is -0.260. The molecule has 19 heavy (non-hydrogen) atoms. The van der Waals surface area contributed by atoms with Crippen LogP contribution in [0.5, 0.6) is 0 Å². The Morgan fingerprint density at radius 1 is 1.21 bits per heavy atom. The van der Waals surface area contributed by atoms with Gasteiger partial charge in [0, 0.05) is 12.1 Å². The number of halogens is 1. The van der Waals surface area contributed by atoms with Crippen LogP contribution in [-0.4, -0.2) is 11.0 Å². The van der Waals surface area contributed by atoms with E-state index in [1.807, 2.05) is 0 Å². The molecule has 1 saturated carbocycles. The van der Waals surface area contributed by atoms with Crippen molar-refractivity contribution in [2.75, 3.05) is 0 Å². The van der Waals surface area contributed by atoms with E-state index in [-0.39, 0.29) is 11.9 Å². The first kappa shape index (κ1) is 14.4. The van der Waals surface area contributed by atoms with E-state index in [9.17, 15) is 4.39 Å². The minimum Gasteiger partial charge on any atom is -0.306 e. The van der Waals surface area contributed by atoms with Gasteiger partial charge in [0.2, 0.25) is 0 Å². The molecule has 1 aliphatic carbocycles. The second-order valence-electron chi connectivity index (χ2n) is 5.57. The molecule has 0 saturated heterocycles. The van der Waals surface area contributed by atoms with Crippen molar-refractivity contribution in [2.24, 2.45) is 0 Å². The molecular weight excluding hydrogens is 239 g/mol. The molecule has 1 N–H and O–H groups in total. The van der Waals surface area contributed by atoms with E-state index in [0.29, 0.717) is 6.04 Å². The normalized spacial score (nSPS) is 19.7. The number of hydrogen-bond acceptors (Lipinski definition) is 2. The van der Waals surface area contributed by atoms with Gasteiger partial charge in [0.05, 0.1) is 11.9 Å². The van der Waals surface area contributed by atoms with Gasteiger partial charge in [-0.05, 0) is 31.4 Å². The van der Waals surface area contributed by atoms with Crippen molar-refractivity contribution in [3.8, 4) is 0 Å². The highest BCUT2D eigenvalue weighted by atomic mass is 19.1. The quantitative estimate of drug-likeness (QED) is 0.873. The highest BCUT2D eigenvalue weighted by molar-refractivity contribution is 5.10. The molecule has 1 fully saturated rings. The van der Waals surface area contributed by atoms with E-state index >= 15 is 0 Å². The molecule has 1 unspecified atom stereocenters. The van der Waals surface area contributed by atoms with Gasteiger partial charge in [0.25, 0.3) is 0 Å². The molecule has 1 atom stereocenters. The summed E-state index contributed by atoms with van der Waals surface area (Å²) >= 11 is 0. The van der Waals surface area contributed by atoms with Crippen LogP contribution in [0.15, 0.2) is 18.3 Å². The molecule has 0 aromatic carbocycles. The Balaban J connectivity index is 1.95. The second kappa shape index (κ2) is 7.59. The van der Waals surface area contributed by atoms with Crippen molar-refractivity contribution in [1.29, 1.82) is 0 Å². The Labute approximate surface area is 115 Å². The van der Waals surface area contributed by atoms with Crippen LogP contribution in [-0.2, 0) is 0 Å². The standard InChI is InChI=1S/C16H25FN2/c1-2-15(16-11-10-13(17)12-18-16)19-14-8-6-4-3-5-7-9-14/h10-12,14-15,19H,2-9H2,1H3. The molecular formula is C16H25FN2. The van der Waals surface area contributed by atoms with Crippen molar-refractivity contribution in [3.63, 3.8) is 0 Å². The van der Waals surface area contributed by atoms with Crippen LogP contribution < -0.4 is 5.32 Å². The third-order valence-corrected chi connectivity index (χ3v) is 4.06. The molecule has 0 aliphatic heterocycles. The van der Waals surface area contributed by atoms with Gasteiger partial charge >= 0.3 is 0 Å². The lowest BCUT2D eigenvalue weighted by Gasteiger charge is -2.26. The maximum absolute atomic E-state index is 12.9. The van der Waals surface area contributed by atoms with Crippen LogP contribution >= 0.6 is 0 Å². The van der Waals surface area contributed by atoms with E-state index in [4.69, 9.17) is 0 Å². The van der Waals surface area contributed by atoms with Gasteiger partial charge in [-0.25, -0.2) is 4.39 Å². The molecule has 1 aromatic heterocycles. The predicted octanol–water partition coefficient (Wildman–Crippen LogP) is 4.37. The largest absolute Gasteiger partial charge is 0.306 e. The monoisotopic (exact) mass is 264 g/mol. The van der Waals surface area contributed by atoms with E-state index < -0.39 is 0 Å². The molecule has 106 valence electrons.